The lowest BCUT2D eigenvalue weighted by atomic mass is 9.76. The number of likely N-dealkylation sites (tertiary alicyclic amines) is 1. The predicted octanol–water partition coefficient (Wildman–Crippen LogP) is 1.65. The fourth-order valence-corrected chi connectivity index (χ4v) is 3.28. The van der Waals surface area contributed by atoms with E-state index in [4.69, 9.17) is 4.74 Å². The molecule has 21 heavy (non-hydrogen) atoms. The van der Waals surface area contributed by atoms with Gasteiger partial charge in [-0.2, -0.15) is 0 Å². The van der Waals surface area contributed by atoms with Gasteiger partial charge in [0.15, 0.2) is 0 Å². The van der Waals surface area contributed by atoms with E-state index in [-0.39, 0.29) is 23.3 Å². The SMILES string of the molecule is CC(C)(C)C1CC(C(=O)N2CCOCC2)CCN1C(=O)O. The van der Waals surface area contributed by atoms with Crippen molar-refractivity contribution < 1.29 is 19.4 Å². The quantitative estimate of drug-likeness (QED) is 0.799. The molecule has 0 spiro atoms. The summed E-state index contributed by atoms with van der Waals surface area (Å²) in [5.74, 6) is 0.0977. The smallest absolute Gasteiger partial charge is 0.407 e. The molecular weight excluding hydrogens is 272 g/mol. The molecule has 0 aromatic heterocycles. The molecule has 2 aliphatic heterocycles. The molecule has 2 saturated heterocycles. The third kappa shape index (κ3) is 3.67. The Balaban J connectivity index is 2.06. The van der Waals surface area contributed by atoms with E-state index in [1.807, 2.05) is 25.7 Å². The lowest BCUT2D eigenvalue weighted by Gasteiger charge is -2.45. The zero-order chi connectivity index (χ0) is 15.6. The lowest BCUT2D eigenvalue weighted by molar-refractivity contribution is -0.142. The molecule has 2 heterocycles. The number of piperidine rings is 1. The molecule has 0 aliphatic carbocycles. The Labute approximate surface area is 126 Å². The number of carbonyl (C=O) groups excluding carboxylic acids is 1. The standard InChI is InChI=1S/C15H26N2O4/c1-15(2,3)12-10-11(4-5-17(12)14(19)20)13(18)16-6-8-21-9-7-16/h11-12H,4-10H2,1-3H3,(H,19,20). The molecule has 2 rings (SSSR count). The van der Waals surface area contributed by atoms with Crippen LogP contribution in [0.15, 0.2) is 0 Å². The van der Waals surface area contributed by atoms with Crippen molar-refractivity contribution in [3.63, 3.8) is 0 Å². The number of hydrogen-bond donors (Lipinski definition) is 1. The number of amides is 2. The minimum atomic E-state index is -0.882. The third-order valence-corrected chi connectivity index (χ3v) is 4.52. The predicted molar refractivity (Wildman–Crippen MR) is 78.1 cm³/mol. The Hall–Kier alpha value is -1.30. The van der Waals surface area contributed by atoms with E-state index < -0.39 is 6.09 Å². The Morgan fingerprint density at radius 3 is 2.29 bits per heavy atom. The van der Waals surface area contributed by atoms with E-state index in [2.05, 4.69) is 0 Å². The fraction of sp³-hybridized carbons (Fsp3) is 0.867. The first-order valence-electron chi connectivity index (χ1n) is 7.67. The molecular formula is C15H26N2O4. The number of rotatable bonds is 1. The van der Waals surface area contributed by atoms with Gasteiger partial charge >= 0.3 is 6.09 Å². The van der Waals surface area contributed by atoms with Crippen molar-refractivity contribution in [2.45, 2.75) is 39.7 Å². The van der Waals surface area contributed by atoms with Crippen LogP contribution in [-0.2, 0) is 9.53 Å². The van der Waals surface area contributed by atoms with Crippen LogP contribution < -0.4 is 0 Å². The maximum absolute atomic E-state index is 12.6. The van der Waals surface area contributed by atoms with Crippen LogP contribution in [0.5, 0.6) is 0 Å². The van der Waals surface area contributed by atoms with Gasteiger partial charge in [0.05, 0.1) is 13.2 Å². The highest BCUT2D eigenvalue weighted by Gasteiger charge is 2.41. The minimum Gasteiger partial charge on any atom is -0.465 e. The summed E-state index contributed by atoms with van der Waals surface area (Å²) in [7, 11) is 0. The van der Waals surface area contributed by atoms with Crippen LogP contribution in [0.3, 0.4) is 0 Å². The van der Waals surface area contributed by atoms with Gasteiger partial charge in [0.25, 0.3) is 0 Å². The third-order valence-electron chi connectivity index (χ3n) is 4.52. The van der Waals surface area contributed by atoms with Crippen LogP contribution >= 0.6 is 0 Å². The van der Waals surface area contributed by atoms with Crippen molar-refractivity contribution in [2.75, 3.05) is 32.8 Å². The van der Waals surface area contributed by atoms with E-state index in [0.717, 1.165) is 0 Å². The molecule has 120 valence electrons. The largest absolute Gasteiger partial charge is 0.465 e. The van der Waals surface area contributed by atoms with Crippen molar-refractivity contribution in [1.29, 1.82) is 0 Å². The number of carboxylic acid groups (broad SMARTS) is 1. The van der Waals surface area contributed by atoms with Crippen LogP contribution in [0, 0.1) is 11.3 Å². The summed E-state index contributed by atoms with van der Waals surface area (Å²) in [4.78, 5) is 27.4. The van der Waals surface area contributed by atoms with Crippen LogP contribution in [0.2, 0.25) is 0 Å². The number of hydrogen-bond acceptors (Lipinski definition) is 3. The first kappa shape index (κ1) is 16.1. The average molecular weight is 298 g/mol. The van der Waals surface area contributed by atoms with Gasteiger partial charge in [-0.25, -0.2) is 4.79 Å². The van der Waals surface area contributed by atoms with Crippen molar-refractivity contribution in [3.05, 3.63) is 0 Å². The Kier molecular flexibility index (Phi) is 4.76. The average Bonchev–Trinajstić information content (AvgIpc) is 2.45. The molecule has 0 saturated carbocycles. The number of carbonyl (C=O) groups is 2. The van der Waals surface area contributed by atoms with Crippen molar-refractivity contribution in [2.24, 2.45) is 11.3 Å². The minimum absolute atomic E-state index is 0.0667. The van der Waals surface area contributed by atoms with Gasteiger partial charge in [-0.1, -0.05) is 20.8 Å². The number of morpholine rings is 1. The van der Waals surface area contributed by atoms with E-state index in [9.17, 15) is 14.7 Å². The van der Waals surface area contributed by atoms with Crippen LogP contribution in [0.4, 0.5) is 4.79 Å². The molecule has 6 heteroatoms. The molecule has 0 aromatic carbocycles. The lowest BCUT2D eigenvalue weighted by Crippen LogP contribution is -2.54. The Morgan fingerprint density at radius 1 is 1.14 bits per heavy atom. The summed E-state index contributed by atoms with van der Waals surface area (Å²) < 4.78 is 5.28. The molecule has 0 aromatic rings. The highest BCUT2D eigenvalue weighted by atomic mass is 16.5. The highest BCUT2D eigenvalue weighted by molar-refractivity contribution is 5.79. The number of nitrogens with zero attached hydrogens (tertiary/aromatic N) is 2. The van der Waals surface area contributed by atoms with Gasteiger partial charge < -0.3 is 19.6 Å². The van der Waals surface area contributed by atoms with Gasteiger partial charge in [0.2, 0.25) is 5.91 Å². The maximum atomic E-state index is 12.6. The van der Waals surface area contributed by atoms with Crippen LogP contribution in [0.1, 0.15) is 33.6 Å². The molecule has 0 radical (unpaired) electrons. The van der Waals surface area contributed by atoms with Gasteiger partial charge in [-0.15, -0.1) is 0 Å². The fourth-order valence-electron chi connectivity index (χ4n) is 3.28. The molecule has 2 aliphatic rings. The van der Waals surface area contributed by atoms with Gasteiger partial charge in [0, 0.05) is 31.6 Å². The van der Waals surface area contributed by atoms with Crippen molar-refractivity contribution in [3.8, 4) is 0 Å². The van der Waals surface area contributed by atoms with Crippen LogP contribution in [-0.4, -0.2) is 65.8 Å². The Bertz CT molecular complexity index is 399. The van der Waals surface area contributed by atoms with Gasteiger partial charge in [-0.05, 0) is 18.3 Å². The van der Waals surface area contributed by atoms with E-state index in [1.165, 1.54) is 4.90 Å². The highest BCUT2D eigenvalue weighted by Crippen LogP contribution is 2.35. The number of ether oxygens (including phenoxy) is 1. The summed E-state index contributed by atoms with van der Waals surface area (Å²) in [5, 5.41) is 9.36. The summed E-state index contributed by atoms with van der Waals surface area (Å²) >= 11 is 0. The molecule has 2 fully saturated rings. The van der Waals surface area contributed by atoms with E-state index >= 15 is 0 Å². The second kappa shape index (κ2) is 6.22. The summed E-state index contributed by atoms with van der Waals surface area (Å²) in [5.41, 5.74) is -0.164. The zero-order valence-corrected chi connectivity index (χ0v) is 13.2. The summed E-state index contributed by atoms with van der Waals surface area (Å²) in [6.45, 7) is 9.05. The molecule has 2 amide bonds. The monoisotopic (exact) mass is 298 g/mol. The van der Waals surface area contributed by atoms with Gasteiger partial charge in [0.1, 0.15) is 0 Å². The molecule has 0 bridgehead atoms. The van der Waals surface area contributed by atoms with E-state index in [0.29, 0.717) is 45.7 Å². The van der Waals surface area contributed by atoms with Gasteiger partial charge in [-0.3, -0.25) is 4.79 Å². The summed E-state index contributed by atoms with van der Waals surface area (Å²) in [6, 6.07) is -0.112. The molecule has 2 atom stereocenters. The molecule has 6 nitrogen and oxygen atoms in total. The first-order valence-corrected chi connectivity index (χ1v) is 7.67. The Morgan fingerprint density at radius 2 is 1.76 bits per heavy atom. The first-order chi connectivity index (χ1) is 9.80. The zero-order valence-electron chi connectivity index (χ0n) is 13.2. The topological polar surface area (TPSA) is 70.1 Å². The second-order valence-corrected chi connectivity index (χ2v) is 7.02. The second-order valence-electron chi connectivity index (χ2n) is 7.02. The van der Waals surface area contributed by atoms with Crippen LogP contribution in [0.25, 0.3) is 0 Å². The van der Waals surface area contributed by atoms with E-state index in [1.54, 1.807) is 0 Å². The maximum Gasteiger partial charge on any atom is 0.407 e. The van der Waals surface area contributed by atoms with Crippen molar-refractivity contribution in [1.82, 2.24) is 9.80 Å². The van der Waals surface area contributed by atoms with Crippen molar-refractivity contribution >= 4 is 12.0 Å². The summed E-state index contributed by atoms with van der Waals surface area (Å²) in [6.07, 6.45) is 0.355. The molecule has 2 unspecified atom stereocenters. The molecule has 1 N–H and O–H groups in total. The normalized spacial score (nSPS) is 27.6.